The van der Waals surface area contributed by atoms with Gasteiger partial charge in [-0.2, -0.15) is 0 Å². The van der Waals surface area contributed by atoms with Crippen molar-refractivity contribution in [2.45, 2.75) is 26.7 Å². The molecule has 4 rings (SSSR count). The maximum Gasteiger partial charge on any atom is 0.256 e. The van der Waals surface area contributed by atoms with Gasteiger partial charge >= 0.3 is 0 Å². The highest BCUT2D eigenvalue weighted by Gasteiger charge is 2.25. The molecule has 1 N–H and O–H groups in total. The summed E-state index contributed by atoms with van der Waals surface area (Å²) in [6.45, 7) is 7.17. The lowest BCUT2D eigenvalue weighted by Gasteiger charge is -2.17. The van der Waals surface area contributed by atoms with Gasteiger partial charge in [-0.3, -0.25) is 9.59 Å². The maximum absolute atomic E-state index is 13.6. The van der Waals surface area contributed by atoms with Crippen LogP contribution in [0.2, 0.25) is 0 Å². The minimum atomic E-state index is -0.404. The molecule has 0 saturated heterocycles. The first kappa shape index (κ1) is 22.7. The summed E-state index contributed by atoms with van der Waals surface area (Å²) in [5, 5.41) is 2.73. The first-order valence-electron chi connectivity index (χ1n) is 11.3. The minimum absolute atomic E-state index is 0.136. The van der Waals surface area contributed by atoms with E-state index in [2.05, 4.69) is 24.1 Å². The van der Waals surface area contributed by atoms with Crippen LogP contribution in [0.25, 0.3) is 23.0 Å². The largest absolute Gasteiger partial charge is 0.457 e. The van der Waals surface area contributed by atoms with Crippen LogP contribution in [0.15, 0.2) is 59.0 Å². The van der Waals surface area contributed by atoms with E-state index < -0.39 is 5.82 Å². The highest BCUT2D eigenvalue weighted by atomic mass is 19.1. The fraction of sp³-hybridized carbons (Fsp3) is 0.259. The number of hydrogen-bond donors (Lipinski definition) is 1. The Balaban J connectivity index is 1.44. The number of carbonyl (C=O) groups is 2. The summed E-state index contributed by atoms with van der Waals surface area (Å²) in [6.07, 6.45) is 2.98. The molecule has 0 fully saturated rings. The molecule has 1 aliphatic heterocycles. The van der Waals surface area contributed by atoms with Gasteiger partial charge in [0.1, 0.15) is 17.3 Å². The Morgan fingerprint density at radius 2 is 1.82 bits per heavy atom. The zero-order valence-electron chi connectivity index (χ0n) is 18.9. The quantitative estimate of drug-likeness (QED) is 0.329. The number of benzene rings is 2. The van der Waals surface area contributed by atoms with Crippen LogP contribution in [0.1, 0.15) is 48.4 Å². The fourth-order valence-electron chi connectivity index (χ4n) is 4.00. The van der Waals surface area contributed by atoms with Crippen molar-refractivity contribution in [1.82, 2.24) is 4.90 Å². The first-order valence-corrected chi connectivity index (χ1v) is 11.3. The second-order valence-electron chi connectivity index (χ2n) is 8.04. The summed E-state index contributed by atoms with van der Waals surface area (Å²) < 4.78 is 19.5. The van der Waals surface area contributed by atoms with Gasteiger partial charge in [-0.15, -0.1) is 0 Å². The number of hydrogen-bond acceptors (Lipinski definition) is 4. The van der Waals surface area contributed by atoms with E-state index in [1.165, 1.54) is 12.1 Å². The molecule has 0 saturated carbocycles. The van der Waals surface area contributed by atoms with Crippen LogP contribution >= 0.6 is 0 Å². The number of amides is 1. The van der Waals surface area contributed by atoms with Crippen LogP contribution in [0.5, 0.6) is 0 Å². The van der Waals surface area contributed by atoms with Crippen LogP contribution in [-0.2, 0) is 4.79 Å². The molecule has 0 atom stereocenters. The van der Waals surface area contributed by atoms with Crippen LogP contribution in [0, 0.1) is 5.82 Å². The number of nitrogens with zero attached hydrogens (tertiary/aromatic N) is 1. The molecule has 0 radical (unpaired) electrons. The lowest BCUT2D eigenvalue weighted by molar-refractivity contribution is -0.110. The average Bonchev–Trinajstić information content (AvgIpc) is 3.41. The molecule has 3 aromatic rings. The van der Waals surface area contributed by atoms with Crippen LogP contribution in [0.3, 0.4) is 0 Å². The molecule has 0 bridgehead atoms. The van der Waals surface area contributed by atoms with E-state index in [1.807, 2.05) is 30.3 Å². The van der Waals surface area contributed by atoms with E-state index in [-0.39, 0.29) is 11.7 Å². The third kappa shape index (κ3) is 5.12. The normalized spacial score (nSPS) is 14.1. The molecule has 2 heterocycles. The molecule has 0 unspecified atom stereocenters. The van der Waals surface area contributed by atoms with E-state index in [9.17, 15) is 14.0 Å². The Kier molecular flexibility index (Phi) is 6.84. The number of fused-ring (bicyclic) bond motifs is 1. The second-order valence-corrected chi connectivity index (χ2v) is 8.04. The fourth-order valence-corrected chi connectivity index (χ4v) is 4.00. The molecule has 0 spiro atoms. The Morgan fingerprint density at radius 3 is 2.55 bits per heavy atom. The summed E-state index contributed by atoms with van der Waals surface area (Å²) >= 11 is 0. The van der Waals surface area contributed by atoms with Gasteiger partial charge in [-0.05, 0) is 62.5 Å². The lowest BCUT2D eigenvalue weighted by atomic mass is 10.0. The van der Waals surface area contributed by atoms with Gasteiger partial charge in [0, 0.05) is 28.8 Å². The van der Waals surface area contributed by atoms with Gasteiger partial charge in [0.25, 0.3) is 5.91 Å². The van der Waals surface area contributed by atoms with Gasteiger partial charge in [0.05, 0.1) is 5.57 Å². The van der Waals surface area contributed by atoms with Crippen molar-refractivity contribution in [3.63, 3.8) is 0 Å². The zero-order chi connectivity index (χ0) is 23.4. The SMILES string of the molecule is CCN(CC)CCCC(=O)c1ccc(-c2ccc(/C=C3/C(=O)Nc4ccc(F)cc43)o2)cc1. The highest BCUT2D eigenvalue weighted by Crippen LogP contribution is 2.34. The van der Waals surface area contributed by atoms with Crippen molar-refractivity contribution in [2.75, 3.05) is 25.0 Å². The van der Waals surface area contributed by atoms with Crippen molar-refractivity contribution < 1.29 is 18.4 Å². The lowest BCUT2D eigenvalue weighted by Crippen LogP contribution is -2.24. The van der Waals surface area contributed by atoms with Crippen molar-refractivity contribution in [2.24, 2.45) is 0 Å². The van der Waals surface area contributed by atoms with Gasteiger partial charge in [0.2, 0.25) is 0 Å². The van der Waals surface area contributed by atoms with E-state index in [1.54, 1.807) is 18.2 Å². The Morgan fingerprint density at radius 1 is 1.06 bits per heavy atom. The van der Waals surface area contributed by atoms with E-state index in [0.717, 1.165) is 31.6 Å². The number of rotatable bonds is 9. The molecule has 6 heteroatoms. The van der Waals surface area contributed by atoms with E-state index >= 15 is 0 Å². The summed E-state index contributed by atoms with van der Waals surface area (Å²) in [6, 6.07) is 15.1. The monoisotopic (exact) mass is 446 g/mol. The number of Topliss-reactive ketones (excluding diaryl/α,β-unsaturated/α-hetero) is 1. The molecule has 1 aromatic heterocycles. The van der Waals surface area contributed by atoms with Crippen LogP contribution in [-0.4, -0.2) is 36.2 Å². The Hall–Kier alpha value is -3.51. The predicted octanol–water partition coefficient (Wildman–Crippen LogP) is 5.88. The number of nitrogens with one attached hydrogen (secondary N) is 1. The molecular formula is C27H27FN2O3. The third-order valence-corrected chi connectivity index (χ3v) is 5.94. The molecule has 33 heavy (non-hydrogen) atoms. The smallest absolute Gasteiger partial charge is 0.256 e. The second kappa shape index (κ2) is 9.96. The molecule has 170 valence electrons. The van der Waals surface area contributed by atoms with Crippen LogP contribution < -0.4 is 5.32 Å². The number of anilines is 1. The molecule has 1 amide bonds. The number of furan rings is 1. The zero-order valence-corrected chi connectivity index (χ0v) is 18.9. The number of carbonyl (C=O) groups excluding carboxylic acids is 2. The molecular weight excluding hydrogens is 419 g/mol. The van der Waals surface area contributed by atoms with Gasteiger partial charge < -0.3 is 14.6 Å². The summed E-state index contributed by atoms with van der Waals surface area (Å²) in [5.41, 5.74) is 2.98. The van der Waals surface area contributed by atoms with Crippen molar-refractivity contribution >= 4 is 29.0 Å². The van der Waals surface area contributed by atoms with Crippen LogP contribution in [0.4, 0.5) is 10.1 Å². The van der Waals surface area contributed by atoms with Crippen molar-refractivity contribution in [3.8, 4) is 11.3 Å². The Bertz CT molecular complexity index is 1190. The topological polar surface area (TPSA) is 62.6 Å². The summed E-state index contributed by atoms with van der Waals surface area (Å²) in [7, 11) is 0. The molecule has 5 nitrogen and oxygen atoms in total. The minimum Gasteiger partial charge on any atom is -0.457 e. The summed E-state index contributed by atoms with van der Waals surface area (Å²) in [4.78, 5) is 27.1. The van der Waals surface area contributed by atoms with Crippen molar-refractivity contribution in [3.05, 3.63) is 77.3 Å². The Labute approximate surface area is 192 Å². The third-order valence-electron chi connectivity index (χ3n) is 5.94. The molecule has 0 aliphatic carbocycles. The maximum atomic E-state index is 13.6. The standard InChI is InChI=1S/C27H27FN2O3/c1-3-30(4-2)15-5-6-25(31)18-7-9-19(10-8-18)26-14-12-21(33-26)17-23-22-16-20(28)11-13-24(22)29-27(23)32/h7-14,16-17H,3-6,15H2,1-2H3,(H,29,32)/b23-17+. The highest BCUT2D eigenvalue weighted by molar-refractivity contribution is 6.34. The van der Waals surface area contributed by atoms with Gasteiger partial charge in [-0.1, -0.05) is 38.1 Å². The predicted molar refractivity (Wildman–Crippen MR) is 128 cm³/mol. The summed E-state index contributed by atoms with van der Waals surface area (Å²) in [5.74, 6) is 0.553. The van der Waals surface area contributed by atoms with Gasteiger partial charge in [-0.25, -0.2) is 4.39 Å². The molecule has 2 aromatic carbocycles. The number of ketones is 1. The first-order chi connectivity index (χ1) is 16.0. The van der Waals surface area contributed by atoms with Gasteiger partial charge in [0.15, 0.2) is 5.78 Å². The average molecular weight is 447 g/mol. The van der Waals surface area contributed by atoms with Crippen molar-refractivity contribution in [1.29, 1.82) is 0 Å². The number of halogens is 1. The van der Waals surface area contributed by atoms with E-state index in [0.29, 0.717) is 40.3 Å². The van der Waals surface area contributed by atoms with E-state index in [4.69, 9.17) is 4.42 Å². The molecule has 1 aliphatic rings.